The van der Waals surface area contributed by atoms with Gasteiger partial charge in [-0.15, -0.1) is 0 Å². The highest BCUT2D eigenvalue weighted by Crippen LogP contribution is 2.26. The molecule has 1 amide bonds. The van der Waals surface area contributed by atoms with Crippen LogP contribution in [0.2, 0.25) is 0 Å². The van der Waals surface area contributed by atoms with Gasteiger partial charge in [-0.05, 0) is 38.3 Å². The Labute approximate surface area is 178 Å². The number of alkyl carbamates (subject to hydrolysis) is 1. The largest absolute Gasteiger partial charge is 0.444 e. The summed E-state index contributed by atoms with van der Waals surface area (Å²) in [6.07, 6.45) is 4.30. The lowest BCUT2D eigenvalue weighted by Crippen LogP contribution is -2.35. The van der Waals surface area contributed by atoms with E-state index in [1.54, 1.807) is 0 Å². The van der Waals surface area contributed by atoms with Gasteiger partial charge in [0.05, 0.1) is 11.7 Å². The SMILES string of the molecule is CCCC[C@@H](NC(=O)OC(C)(C)C)c1nc(-c2ccc(-c3ccccc3)cc2)c[nH]1. The third-order valence-corrected chi connectivity index (χ3v) is 4.75. The second kappa shape index (κ2) is 9.61. The highest BCUT2D eigenvalue weighted by atomic mass is 16.6. The number of hydrogen-bond donors (Lipinski definition) is 2. The molecular weight excluding hydrogens is 374 g/mol. The number of amides is 1. The molecule has 0 bridgehead atoms. The van der Waals surface area contributed by atoms with Gasteiger partial charge in [-0.1, -0.05) is 74.4 Å². The van der Waals surface area contributed by atoms with Gasteiger partial charge >= 0.3 is 6.09 Å². The van der Waals surface area contributed by atoms with Crippen molar-refractivity contribution in [1.82, 2.24) is 15.3 Å². The summed E-state index contributed by atoms with van der Waals surface area (Å²) in [6.45, 7) is 7.71. The van der Waals surface area contributed by atoms with Crippen molar-refractivity contribution >= 4 is 6.09 Å². The highest BCUT2D eigenvalue weighted by molar-refractivity contribution is 5.69. The Kier molecular flexibility index (Phi) is 6.93. The Morgan fingerprint density at radius 3 is 2.30 bits per heavy atom. The molecule has 0 fully saturated rings. The molecule has 0 aliphatic heterocycles. The van der Waals surface area contributed by atoms with E-state index in [1.807, 2.05) is 45.2 Å². The number of carbonyl (C=O) groups is 1. The summed E-state index contributed by atoms with van der Waals surface area (Å²) in [4.78, 5) is 20.3. The lowest BCUT2D eigenvalue weighted by molar-refractivity contribution is 0.0498. The van der Waals surface area contributed by atoms with Crippen molar-refractivity contribution in [2.75, 3.05) is 0 Å². The molecule has 5 heteroatoms. The number of aromatic amines is 1. The van der Waals surface area contributed by atoms with Gasteiger partial charge in [0.15, 0.2) is 0 Å². The first-order valence-corrected chi connectivity index (χ1v) is 10.6. The van der Waals surface area contributed by atoms with Gasteiger partial charge in [0.1, 0.15) is 11.4 Å². The van der Waals surface area contributed by atoms with E-state index in [2.05, 4.69) is 53.6 Å². The number of nitrogens with one attached hydrogen (secondary N) is 2. The fraction of sp³-hybridized carbons (Fsp3) is 0.360. The lowest BCUT2D eigenvalue weighted by Gasteiger charge is -2.22. The van der Waals surface area contributed by atoms with Gasteiger partial charge in [0.25, 0.3) is 0 Å². The minimum absolute atomic E-state index is 0.211. The van der Waals surface area contributed by atoms with Crippen molar-refractivity contribution < 1.29 is 9.53 Å². The maximum absolute atomic E-state index is 12.3. The fourth-order valence-corrected chi connectivity index (χ4v) is 3.26. The van der Waals surface area contributed by atoms with Crippen LogP contribution >= 0.6 is 0 Å². The van der Waals surface area contributed by atoms with Crippen LogP contribution in [-0.2, 0) is 4.74 Å². The molecule has 1 heterocycles. The van der Waals surface area contributed by atoms with Crippen LogP contribution in [0.5, 0.6) is 0 Å². The lowest BCUT2D eigenvalue weighted by atomic mass is 10.0. The molecule has 0 aliphatic carbocycles. The van der Waals surface area contributed by atoms with Crippen LogP contribution in [0.3, 0.4) is 0 Å². The van der Waals surface area contributed by atoms with Gasteiger partial charge in [0.2, 0.25) is 0 Å². The molecule has 158 valence electrons. The zero-order valence-corrected chi connectivity index (χ0v) is 18.2. The second-order valence-electron chi connectivity index (χ2n) is 8.46. The summed E-state index contributed by atoms with van der Waals surface area (Å²) in [6, 6.07) is 18.4. The third kappa shape index (κ3) is 5.96. The molecule has 3 aromatic rings. The molecule has 2 N–H and O–H groups in total. The van der Waals surface area contributed by atoms with Gasteiger partial charge in [-0.2, -0.15) is 0 Å². The van der Waals surface area contributed by atoms with E-state index in [-0.39, 0.29) is 6.04 Å². The average Bonchev–Trinajstić information content (AvgIpc) is 3.21. The van der Waals surface area contributed by atoms with Crippen molar-refractivity contribution in [2.24, 2.45) is 0 Å². The first kappa shape index (κ1) is 21.6. The summed E-state index contributed by atoms with van der Waals surface area (Å²) in [7, 11) is 0. The smallest absolute Gasteiger partial charge is 0.408 e. The number of hydrogen-bond acceptors (Lipinski definition) is 3. The summed E-state index contributed by atoms with van der Waals surface area (Å²) in [5.41, 5.74) is 3.71. The molecule has 1 aromatic heterocycles. The van der Waals surface area contributed by atoms with Crippen molar-refractivity contribution in [1.29, 1.82) is 0 Å². The van der Waals surface area contributed by atoms with Crippen LogP contribution in [0, 0.1) is 0 Å². The van der Waals surface area contributed by atoms with Crippen LogP contribution in [-0.4, -0.2) is 21.7 Å². The Morgan fingerprint density at radius 2 is 1.67 bits per heavy atom. The van der Waals surface area contributed by atoms with E-state index in [4.69, 9.17) is 9.72 Å². The van der Waals surface area contributed by atoms with E-state index in [1.165, 1.54) is 11.1 Å². The number of benzene rings is 2. The van der Waals surface area contributed by atoms with Crippen molar-refractivity contribution in [2.45, 2.75) is 58.6 Å². The fourth-order valence-electron chi connectivity index (χ4n) is 3.26. The van der Waals surface area contributed by atoms with Crippen LogP contribution < -0.4 is 5.32 Å². The topological polar surface area (TPSA) is 67.0 Å². The number of aromatic nitrogens is 2. The monoisotopic (exact) mass is 405 g/mol. The highest BCUT2D eigenvalue weighted by Gasteiger charge is 2.22. The minimum Gasteiger partial charge on any atom is -0.444 e. The predicted octanol–water partition coefficient (Wildman–Crippen LogP) is 6.50. The number of ether oxygens (including phenoxy) is 1. The number of imidazole rings is 1. The minimum atomic E-state index is -0.534. The first-order chi connectivity index (χ1) is 14.4. The Balaban J connectivity index is 1.75. The van der Waals surface area contributed by atoms with E-state index >= 15 is 0 Å². The zero-order valence-electron chi connectivity index (χ0n) is 18.2. The number of carbonyl (C=O) groups excluding carboxylic acids is 1. The van der Waals surface area contributed by atoms with E-state index in [9.17, 15) is 4.79 Å². The van der Waals surface area contributed by atoms with E-state index in [0.29, 0.717) is 0 Å². The molecule has 0 spiro atoms. The van der Waals surface area contributed by atoms with Crippen LogP contribution in [0.25, 0.3) is 22.4 Å². The maximum atomic E-state index is 12.3. The van der Waals surface area contributed by atoms with Crippen LogP contribution in [0.4, 0.5) is 4.79 Å². The van der Waals surface area contributed by atoms with E-state index < -0.39 is 11.7 Å². The number of H-pyrrole nitrogens is 1. The van der Waals surface area contributed by atoms with Crippen molar-refractivity contribution in [3.05, 3.63) is 66.6 Å². The molecule has 0 unspecified atom stereocenters. The van der Waals surface area contributed by atoms with Crippen molar-refractivity contribution in [3.8, 4) is 22.4 Å². The van der Waals surface area contributed by atoms with Gasteiger partial charge in [-0.25, -0.2) is 9.78 Å². The number of unbranched alkanes of at least 4 members (excludes halogenated alkanes) is 1. The average molecular weight is 406 g/mol. The van der Waals surface area contributed by atoms with E-state index in [0.717, 1.165) is 36.3 Å². The summed E-state index contributed by atoms with van der Waals surface area (Å²) in [5, 5.41) is 2.97. The van der Waals surface area contributed by atoms with Gasteiger partial charge < -0.3 is 15.0 Å². The summed E-state index contributed by atoms with van der Waals surface area (Å²) in [5.74, 6) is 0.747. The zero-order chi connectivity index (χ0) is 21.6. The van der Waals surface area contributed by atoms with Crippen LogP contribution in [0.15, 0.2) is 60.8 Å². The molecule has 3 rings (SSSR count). The normalized spacial score (nSPS) is 12.4. The molecule has 1 atom stereocenters. The summed E-state index contributed by atoms with van der Waals surface area (Å²) < 4.78 is 5.42. The predicted molar refractivity (Wildman–Crippen MR) is 121 cm³/mol. The molecule has 30 heavy (non-hydrogen) atoms. The van der Waals surface area contributed by atoms with Gasteiger partial charge in [-0.3, -0.25) is 0 Å². The van der Waals surface area contributed by atoms with Gasteiger partial charge in [0, 0.05) is 11.8 Å². The number of rotatable bonds is 7. The Hall–Kier alpha value is -3.08. The third-order valence-electron chi connectivity index (χ3n) is 4.75. The second-order valence-corrected chi connectivity index (χ2v) is 8.46. The molecule has 0 radical (unpaired) electrons. The van der Waals surface area contributed by atoms with Crippen molar-refractivity contribution in [3.63, 3.8) is 0 Å². The molecule has 0 saturated heterocycles. The molecule has 0 aliphatic rings. The first-order valence-electron chi connectivity index (χ1n) is 10.6. The van der Waals surface area contributed by atoms with Crippen LogP contribution in [0.1, 0.15) is 58.8 Å². The molecular formula is C25H31N3O2. The molecule has 5 nitrogen and oxygen atoms in total. The summed E-state index contributed by atoms with van der Waals surface area (Å²) >= 11 is 0. The molecule has 2 aromatic carbocycles. The number of nitrogens with zero attached hydrogens (tertiary/aromatic N) is 1. The maximum Gasteiger partial charge on any atom is 0.408 e. The quantitative estimate of drug-likeness (QED) is 0.471. The standard InChI is InChI=1S/C25H31N3O2/c1-5-6-12-21(28-24(29)30-25(2,3)4)23-26-17-22(27-23)20-15-13-19(14-16-20)18-10-8-7-9-11-18/h7-11,13-17,21H,5-6,12H2,1-4H3,(H,26,27)(H,28,29)/t21-/m1/s1. The Bertz CT molecular complexity index is 941. The molecule has 0 saturated carbocycles. The Morgan fingerprint density at radius 1 is 1.03 bits per heavy atom.